The molecule has 1 aromatic carbocycles. The number of rotatable bonds is 8. The standard InChI is InChI=1S/C18H25NO3/c1-3-5-8-19-12-14(7-6-9-20)16-11-15(18(21)22)10-13(4-2)17(16)19/h10-12,20H,3-9H2,1-2H3,(H,21,22). The summed E-state index contributed by atoms with van der Waals surface area (Å²) < 4.78 is 2.26. The molecule has 0 saturated carbocycles. The van der Waals surface area contributed by atoms with Crippen LogP contribution in [0, 0.1) is 0 Å². The Morgan fingerprint density at radius 3 is 2.55 bits per heavy atom. The summed E-state index contributed by atoms with van der Waals surface area (Å²) in [5, 5.41) is 19.5. The molecule has 1 aromatic heterocycles. The Morgan fingerprint density at radius 1 is 1.18 bits per heavy atom. The minimum Gasteiger partial charge on any atom is -0.478 e. The highest BCUT2D eigenvalue weighted by Crippen LogP contribution is 2.28. The molecule has 2 N–H and O–H groups in total. The van der Waals surface area contributed by atoms with Crippen LogP contribution in [0.1, 0.15) is 54.6 Å². The number of benzene rings is 1. The molecule has 0 aliphatic heterocycles. The molecule has 0 radical (unpaired) electrons. The van der Waals surface area contributed by atoms with E-state index in [4.69, 9.17) is 5.11 Å². The van der Waals surface area contributed by atoms with Crippen LogP contribution in [0.4, 0.5) is 0 Å². The van der Waals surface area contributed by atoms with Gasteiger partial charge in [-0.2, -0.15) is 0 Å². The topological polar surface area (TPSA) is 62.5 Å². The third-order valence-electron chi connectivity index (χ3n) is 4.12. The highest BCUT2D eigenvalue weighted by Gasteiger charge is 2.15. The second-order valence-electron chi connectivity index (χ2n) is 5.72. The lowest BCUT2D eigenvalue weighted by Crippen LogP contribution is -2.01. The van der Waals surface area contributed by atoms with Crippen LogP contribution in [0.25, 0.3) is 10.9 Å². The van der Waals surface area contributed by atoms with Gasteiger partial charge in [-0.1, -0.05) is 20.3 Å². The van der Waals surface area contributed by atoms with Crippen LogP contribution in [0.2, 0.25) is 0 Å². The van der Waals surface area contributed by atoms with Crippen LogP contribution < -0.4 is 0 Å². The molecule has 0 bridgehead atoms. The van der Waals surface area contributed by atoms with Crippen molar-refractivity contribution in [2.24, 2.45) is 0 Å². The van der Waals surface area contributed by atoms with Crippen LogP contribution in [0.5, 0.6) is 0 Å². The van der Waals surface area contributed by atoms with E-state index in [1.165, 1.54) is 0 Å². The third-order valence-corrected chi connectivity index (χ3v) is 4.12. The molecule has 0 aliphatic rings. The predicted octanol–water partition coefficient (Wildman–Crippen LogP) is 3.63. The maximum atomic E-state index is 11.4. The average molecular weight is 303 g/mol. The number of fused-ring (bicyclic) bond motifs is 1. The molecule has 1 heterocycles. The van der Waals surface area contributed by atoms with Crippen molar-refractivity contribution in [2.45, 2.75) is 52.5 Å². The van der Waals surface area contributed by atoms with Crippen molar-refractivity contribution in [3.63, 3.8) is 0 Å². The van der Waals surface area contributed by atoms with Gasteiger partial charge in [-0.05, 0) is 48.9 Å². The van der Waals surface area contributed by atoms with E-state index in [0.717, 1.165) is 54.3 Å². The van der Waals surface area contributed by atoms with E-state index >= 15 is 0 Å². The van der Waals surface area contributed by atoms with Crippen molar-refractivity contribution >= 4 is 16.9 Å². The Bertz CT molecular complexity index is 658. The number of aliphatic hydroxyl groups is 1. The van der Waals surface area contributed by atoms with Gasteiger partial charge in [0.2, 0.25) is 0 Å². The lowest BCUT2D eigenvalue weighted by atomic mass is 10.0. The van der Waals surface area contributed by atoms with E-state index in [1.54, 1.807) is 12.1 Å². The summed E-state index contributed by atoms with van der Waals surface area (Å²) in [6.45, 7) is 5.33. The van der Waals surface area contributed by atoms with Gasteiger partial charge in [-0.3, -0.25) is 0 Å². The minimum atomic E-state index is -0.883. The van der Waals surface area contributed by atoms with E-state index in [2.05, 4.69) is 24.6 Å². The van der Waals surface area contributed by atoms with Crippen LogP contribution in [-0.4, -0.2) is 27.4 Å². The van der Waals surface area contributed by atoms with Gasteiger partial charge in [0.25, 0.3) is 0 Å². The van der Waals surface area contributed by atoms with Gasteiger partial charge in [0.1, 0.15) is 0 Å². The number of carbonyl (C=O) groups is 1. The van der Waals surface area contributed by atoms with Crippen LogP contribution in [0.15, 0.2) is 18.3 Å². The number of aryl methyl sites for hydroxylation is 3. The maximum absolute atomic E-state index is 11.4. The third kappa shape index (κ3) is 3.33. The summed E-state index contributed by atoms with van der Waals surface area (Å²) in [7, 11) is 0. The van der Waals surface area contributed by atoms with Gasteiger partial charge in [-0.25, -0.2) is 4.79 Å². The van der Waals surface area contributed by atoms with Crippen LogP contribution in [-0.2, 0) is 19.4 Å². The number of nitrogens with zero attached hydrogens (tertiary/aromatic N) is 1. The largest absolute Gasteiger partial charge is 0.478 e. The summed E-state index contributed by atoms with van der Waals surface area (Å²) in [4.78, 5) is 11.4. The smallest absolute Gasteiger partial charge is 0.335 e. The molecule has 0 spiro atoms. The molecule has 0 fully saturated rings. The fourth-order valence-electron chi connectivity index (χ4n) is 2.97. The Kier molecular flexibility index (Phi) is 5.61. The van der Waals surface area contributed by atoms with Gasteiger partial charge in [0.15, 0.2) is 0 Å². The minimum absolute atomic E-state index is 0.154. The van der Waals surface area contributed by atoms with Crippen molar-refractivity contribution in [1.82, 2.24) is 4.57 Å². The van der Waals surface area contributed by atoms with Gasteiger partial charge < -0.3 is 14.8 Å². The van der Waals surface area contributed by atoms with Crippen molar-refractivity contribution in [2.75, 3.05) is 6.61 Å². The van der Waals surface area contributed by atoms with Crippen LogP contribution >= 0.6 is 0 Å². The average Bonchev–Trinajstić information content (AvgIpc) is 2.87. The number of aromatic nitrogens is 1. The van der Waals surface area contributed by atoms with E-state index in [0.29, 0.717) is 12.0 Å². The quantitative estimate of drug-likeness (QED) is 0.783. The first-order chi connectivity index (χ1) is 10.6. The van der Waals surface area contributed by atoms with Crippen molar-refractivity contribution in [3.05, 3.63) is 35.0 Å². The van der Waals surface area contributed by atoms with Crippen molar-refractivity contribution < 1.29 is 15.0 Å². The summed E-state index contributed by atoms with van der Waals surface area (Å²) >= 11 is 0. The summed E-state index contributed by atoms with van der Waals surface area (Å²) in [5.41, 5.74) is 3.73. The molecule has 22 heavy (non-hydrogen) atoms. The Balaban J connectivity index is 2.61. The summed E-state index contributed by atoms with van der Waals surface area (Å²) in [6.07, 6.45) is 6.66. The van der Waals surface area contributed by atoms with Crippen LogP contribution in [0.3, 0.4) is 0 Å². The molecule has 4 heteroatoms. The van der Waals surface area contributed by atoms with E-state index in [1.807, 2.05) is 0 Å². The maximum Gasteiger partial charge on any atom is 0.335 e. The molecule has 0 saturated heterocycles. The molecule has 0 atom stereocenters. The number of aliphatic hydroxyl groups excluding tert-OH is 1. The normalized spacial score (nSPS) is 11.2. The van der Waals surface area contributed by atoms with Gasteiger partial charge in [0.05, 0.1) is 11.1 Å². The second-order valence-corrected chi connectivity index (χ2v) is 5.72. The molecule has 2 aromatic rings. The SMILES string of the molecule is CCCCn1cc(CCCO)c2cc(C(=O)O)cc(CC)c21. The lowest BCUT2D eigenvalue weighted by molar-refractivity contribution is 0.0697. The molecule has 0 aliphatic carbocycles. The molecular weight excluding hydrogens is 278 g/mol. The van der Waals surface area contributed by atoms with Gasteiger partial charge in [0, 0.05) is 24.7 Å². The molecule has 120 valence electrons. The Hall–Kier alpha value is -1.81. The van der Waals surface area contributed by atoms with E-state index < -0.39 is 5.97 Å². The first kappa shape index (κ1) is 16.6. The second kappa shape index (κ2) is 7.45. The first-order valence-corrected chi connectivity index (χ1v) is 8.11. The fraction of sp³-hybridized carbons (Fsp3) is 0.500. The monoisotopic (exact) mass is 303 g/mol. The molecule has 4 nitrogen and oxygen atoms in total. The zero-order valence-corrected chi connectivity index (χ0v) is 13.4. The van der Waals surface area contributed by atoms with Crippen molar-refractivity contribution in [3.8, 4) is 0 Å². The number of carboxylic acid groups (broad SMARTS) is 1. The molecule has 0 unspecified atom stereocenters. The molecular formula is C18H25NO3. The summed E-state index contributed by atoms with van der Waals surface area (Å²) in [5.74, 6) is -0.883. The van der Waals surface area contributed by atoms with E-state index in [-0.39, 0.29) is 6.61 Å². The van der Waals surface area contributed by atoms with Gasteiger partial charge in [-0.15, -0.1) is 0 Å². The number of hydrogen-bond acceptors (Lipinski definition) is 2. The number of hydrogen-bond donors (Lipinski definition) is 2. The highest BCUT2D eigenvalue weighted by atomic mass is 16.4. The Labute approximate surface area is 131 Å². The number of carboxylic acids is 1. The van der Waals surface area contributed by atoms with E-state index in [9.17, 15) is 9.90 Å². The Morgan fingerprint density at radius 2 is 1.95 bits per heavy atom. The fourth-order valence-corrected chi connectivity index (χ4v) is 2.97. The predicted molar refractivity (Wildman–Crippen MR) is 88.6 cm³/mol. The zero-order valence-electron chi connectivity index (χ0n) is 13.4. The lowest BCUT2D eigenvalue weighted by Gasteiger charge is -2.09. The van der Waals surface area contributed by atoms with Gasteiger partial charge >= 0.3 is 5.97 Å². The summed E-state index contributed by atoms with van der Waals surface area (Å²) in [6, 6.07) is 3.58. The molecule has 0 amide bonds. The number of aromatic carboxylic acids is 1. The number of unbranched alkanes of at least 4 members (excludes halogenated alkanes) is 1. The zero-order chi connectivity index (χ0) is 16.1. The van der Waals surface area contributed by atoms with Crippen molar-refractivity contribution in [1.29, 1.82) is 0 Å². The first-order valence-electron chi connectivity index (χ1n) is 8.11. The molecule has 2 rings (SSSR count). The highest BCUT2D eigenvalue weighted by molar-refractivity contribution is 5.96.